The molecule has 0 amide bonds. The summed E-state index contributed by atoms with van der Waals surface area (Å²) in [5.74, 6) is -0.816. The number of benzene rings is 7. The van der Waals surface area contributed by atoms with Crippen LogP contribution >= 0.6 is 0 Å². The molecule has 0 aliphatic carbocycles. The molecule has 0 atom stereocenters. The summed E-state index contributed by atoms with van der Waals surface area (Å²) in [5, 5.41) is 26.4. The number of hydrogen-bond donors (Lipinski definition) is 0. The fraction of sp³-hybridized carbons (Fsp3) is 0.278. The van der Waals surface area contributed by atoms with Gasteiger partial charge in [-0.15, -0.1) is 11.5 Å². The first kappa shape index (κ1) is 65.5. The average Bonchev–Trinajstić information content (AvgIpc) is 3.67. The van der Waals surface area contributed by atoms with Gasteiger partial charge in [0.1, 0.15) is 0 Å². The molecule has 0 N–H and O–H groups in total. The summed E-state index contributed by atoms with van der Waals surface area (Å²) in [6, 6.07) is 52.9. The summed E-state index contributed by atoms with van der Waals surface area (Å²) in [6.45, 7) is 25.6. The van der Waals surface area contributed by atoms with Crippen LogP contribution in [0.5, 0.6) is 11.5 Å². The number of nitrogens with zero attached hydrogens (tertiary/aromatic N) is 6. The molecule has 82 heavy (non-hydrogen) atoms. The minimum absolute atomic E-state index is 0. The molecule has 0 saturated heterocycles. The summed E-state index contributed by atoms with van der Waals surface area (Å²) in [6.07, 6.45) is 8.04. The zero-order valence-electron chi connectivity index (χ0n) is 49.8. The minimum Gasteiger partial charge on any atom is -0.872 e. The maximum Gasteiger partial charge on any atom is 0.0849 e. The Balaban J connectivity index is 0.000000234. The van der Waals surface area contributed by atoms with Gasteiger partial charge in [-0.05, 0) is 194 Å². The second-order valence-electron chi connectivity index (χ2n) is 20.0. The van der Waals surface area contributed by atoms with Gasteiger partial charge in [-0.1, -0.05) is 165 Å². The second kappa shape index (κ2) is 31.8. The van der Waals surface area contributed by atoms with Gasteiger partial charge in [-0.3, -0.25) is 20.0 Å². The van der Waals surface area contributed by atoms with Crippen molar-refractivity contribution in [3.63, 3.8) is 0 Å². The summed E-state index contributed by atoms with van der Waals surface area (Å²) in [4.78, 5) is 29.4. The van der Waals surface area contributed by atoms with E-state index in [4.69, 9.17) is 29.9 Å². The van der Waals surface area contributed by atoms with Gasteiger partial charge < -0.3 is 10.2 Å². The maximum atomic E-state index is 11.8. The molecule has 7 aromatic carbocycles. The first-order chi connectivity index (χ1) is 38.8. The van der Waals surface area contributed by atoms with Crippen LogP contribution in [-0.4, -0.2) is 32.8 Å². The van der Waals surface area contributed by atoms with Gasteiger partial charge in [0.2, 0.25) is 0 Å². The summed E-state index contributed by atoms with van der Waals surface area (Å²) in [5.41, 5.74) is 21.8. The van der Waals surface area contributed by atoms with Crippen molar-refractivity contribution in [3.05, 3.63) is 225 Å². The van der Waals surface area contributed by atoms with Crippen molar-refractivity contribution in [2.45, 2.75) is 134 Å². The van der Waals surface area contributed by atoms with Crippen molar-refractivity contribution in [2.75, 3.05) is 0 Å². The Kier molecular flexibility index (Phi) is 25.3. The molecule has 9 aromatic rings. The summed E-state index contributed by atoms with van der Waals surface area (Å²) in [7, 11) is 0. The number of aromatic nitrogens is 2. The normalized spacial score (nSPS) is 11.8. The van der Waals surface area contributed by atoms with Gasteiger partial charge in [0.25, 0.3) is 0 Å². The van der Waals surface area contributed by atoms with Gasteiger partial charge in [0.15, 0.2) is 0 Å². The molecule has 0 aliphatic heterocycles. The molecule has 2 heterocycles. The zero-order valence-corrected chi connectivity index (χ0v) is 51.9. The summed E-state index contributed by atoms with van der Waals surface area (Å²) < 4.78 is 0. The van der Waals surface area contributed by atoms with Crippen molar-refractivity contribution in [1.82, 2.24) is 9.97 Å². The van der Waals surface area contributed by atoms with E-state index in [1.807, 2.05) is 88.4 Å². The van der Waals surface area contributed by atoms with Crippen LogP contribution in [0.15, 0.2) is 178 Å². The molecule has 2 aromatic heterocycles. The van der Waals surface area contributed by atoms with Crippen LogP contribution in [-0.2, 0) is 84.9 Å². The second-order valence-corrected chi connectivity index (χ2v) is 20.0. The first-order valence-corrected chi connectivity index (χ1v) is 28.7. The molecule has 0 aliphatic rings. The predicted octanol–water partition coefficient (Wildman–Crippen LogP) is 17.4. The van der Waals surface area contributed by atoms with E-state index in [2.05, 4.69) is 128 Å². The molecule has 0 fully saturated rings. The third-order valence-electron chi connectivity index (χ3n) is 14.7. The maximum absolute atomic E-state index is 11.8. The molecule has 0 bridgehead atoms. The molecule has 9 rings (SSSR count). The fourth-order valence-electron chi connectivity index (χ4n) is 9.71. The van der Waals surface area contributed by atoms with Crippen molar-refractivity contribution < 1.29 is 43.8 Å². The van der Waals surface area contributed by atoms with Crippen LogP contribution in [0, 0.1) is 0 Å². The van der Waals surface area contributed by atoms with Gasteiger partial charge in [0.05, 0.1) is 68.4 Å². The van der Waals surface area contributed by atoms with Crippen LogP contribution in [0.2, 0.25) is 0 Å². The molecule has 0 spiro atoms. The number of rotatable bonds is 16. The van der Waals surface area contributed by atoms with Gasteiger partial charge in [-0.2, -0.15) is 0 Å². The molecule has 10 heteroatoms. The third-order valence-corrected chi connectivity index (χ3v) is 14.7. The topological polar surface area (TPSA) is 121 Å². The van der Waals surface area contributed by atoms with Crippen molar-refractivity contribution in [2.24, 2.45) is 20.0 Å². The molecule has 428 valence electrons. The molecule has 2 radical (unpaired) electrons. The smallest absolute Gasteiger partial charge is 0.0849 e. The van der Waals surface area contributed by atoms with Crippen LogP contribution < -0.4 is 10.2 Å². The number of aliphatic imine (C=N–C) groups is 4. The largest absolute Gasteiger partial charge is 0.872 e. The molecule has 0 unspecified atom stereocenters. The zero-order chi connectivity index (χ0) is 57.3. The van der Waals surface area contributed by atoms with E-state index in [-0.39, 0.29) is 33.6 Å². The van der Waals surface area contributed by atoms with Crippen molar-refractivity contribution in [1.29, 1.82) is 0 Å². The van der Waals surface area contributed by atoms with E-state index in [0.717, 1.165) is 131 Å². The van der Waals surface area contributed by atoms with Crippen LogP contribution in [0.4, 0.5) is 22.7 Å². The quantitative estimate of drug-likeness (QED) is 0.0706. The van der Waals surface area contributed by atoms with E-state index in [1.54, 1.807) is 24.3 Å². The Hall–Kier alpha value is -7.35. The van der Waals surface area contributed by atoms with Crippen LogP contribution in [0.3, 0.4) is 0 Å². The van der Waals surface area contributed by atoms with Crippen molar-refractivity contribution >= 4 is 67.1 Å². The van der Waals surface area contributed by atoms with E-state index in [9.17, 15) is 10.2 Å². The van der Waals surface area contributed by atoms with Crippen LogP contribution in [0.1, 0.15) is 150 Å². The van der Waals surface area contributed by atoms with E-state index >= 15 is 0 Å². The predicted molar refractivity (Wildman–Crippen MR) is 337 cm³/mol. The van der Waals surface area contributed by atoms with Gasteiger partial charge >= 0.3 is 0 Å². The van der Waals surface area contributed by atoms with E-state index in [1.165, 1.54) is 44.5 Å². The standard InChI is InChI=1S/2C29H35N3.C14H10O2.2Co/c2*1-7-22-14-16-28(24(9-3)18-22)30-20(5)26-12-11-13-27(32-26)21(6)31-29-17-15-23(8-2)19-25(29)10-4;15-13-11-7-3-1-5-9(11)10-6-2-4-8-12(10)14(13)16;;/h2*11-19H,7-10H2,1-6H3;1-8,15-16H;;/p-2. The van der Waals surface area contributed by atoms with Gasteiger partial charge in [-0.25, -0.2) is 9.97 Å². The molecule has 0 saturated carbocycles. The average molecular weight is 1180 g/mol. The third kappa shape index (κ3) is 16.4. The monoisotopic (exact) mass is 1180 g/mol. The Morgan fingerprint density at radius 3 is 0.756 bits per heavy atom. The van der Waals surface area contributed by atoms with Crippen molar-refractivity contribution in [3.8, 4) is 11.5 Å². The fourth-order valence-corrected chi connectivity index (χ4v) is 9.71. The SMILES string of the molecule is CCc1ccc(N=C(C)c2cccc(C(C)=Nc3ccc(CC)cc3CC)n2)c(CC)c1.CCc1ccc(N=C(C)c2cccc(C(C)=Nc3ccc(CC)cc3CC)n2)c(CC)c1.[Co].[Co].[O-]c1c([O-])c2ccccc2c2ccccc12. The minimum atomic E-state index is -0.408. The van der Waals surface area contributed by atoms with E-state index in [0.29, 0.717) is 10.8 Å². The Morgan fingerprint density at radius 2 is 0.537 bits per heavy atom. The number of hydrogen-bond acceptors (Lipinski definition) is 8. The number of aryl methyl sites for hydroxylation is 8. The Morgan fingerprint density at radius 1 is 0.305 bits per heavy atom. The number of pyridine rings is 2. The Bertz CT molecular complexity index is 3330. The van der Waals surface area contributed by atoms with E-state index < -0.39 is 11.5 Å². The molecular weight excluding hydrogens is 1100 g/mol. The van der Waals surface area contributed by atoms with Gasteiger partial charge in [0, 0.05) is 33.6 Å². The molecular formula is C72H78Co2N6O2-2. The summed E-state index contributed by atoms with van der Waals surface area (Å²) >= 11 is 0. The van der Waals surface area contributed by atoms with Crippen LogP contribution in [0.25, 0.3) is 21.5 Å². The molecule has 8 nitrogen and oxygen atoms in total. The Labute approximate surface area is 508 Å². The number of fused-ring (bicyclic) bond motifs is 3. The first-order valence-electron chi connectivity index (χ1n) is 28.7.